The Hall–Kier alpha value is -3.09. The summed E-state index contributed by atoms with van der Waals surface area (Å²) in [5, 5.41) is 7.49. The Bertz CT molecular complexity index is 1140. The quantitative estimate of drug-likeness (QED) is 0.450. The number of carbonyl (C=O) groups is 4. The number of anilines is 2. The molecule has 1 aromatic carbocycles. The first-order chi connectivity index (χ1) is 17.1. The molecule has 0 bridgehead atoms. The number of halogens is 3. The van der Waals surface area contributed by atoms with Gasteiger partial charge in [0.15, 0.2) is 0 Å². The smallest absolute Gasteiger partial charge is 0.265 e. The standard InChI is InChI=1S/C23H25ClF2N4O5S/c1-12(2)21(32)29-16(10-27-23(34)17-5-6-18(24)36-17)22(33)28-15-4-3-13(9-14(15)20(25)26)30-7-8-35-11-19(30)31/h3-6,9,12,16,20H,7-8,10-11H2,1-2H3,(H,27,34)(H,28,33)(H,29,32)/t16-/m1/s1. The van der Waals surface area contributed by atoms with Gasteiger partial charge in [0.2, 0.25) is 11.8 Å². The molecule has 1 saturated heterocycles. The maximum absolute atomic E-state index is 13.9. The van der Waals surface area contributed by atoms with Crippen molar-refractivity contribution in [2.75, 3.05) is 36.5 Å². The number of morpholine rings is 1. The van der Waals surface area contributed by atoms with E-state index in [9.17, 15) is 28.0 Å². The van der Waals surface area contributed by atoms with Crippen molar-refractivity contribution in [3.05, 3.63) is 45.1 Å². The molecule has 0 unspecified atom stereocenters. The highest BCUT2D eigenvalue weighted by molar-refractivity contribution is 7.18. The lowest BCUT2D eigenvalue weighted by atomic mass is 10.1. The molecule has 1 aromatic heterocycles. The average molecular weight is 543 g/mol. The molecule has 13 heteroatoms. The highest BCUT2D eigenvalue weighted by Crippen LogP contribution is 2.32. The normalized spacial score (nSPS) is 14.6. The van der Waals surface area contributed by atoms with Crippen LogP contribution in [0.5, 0.6) is 0 Å². The monoisotopic (exact) mass is 542 g/mol. The molecule has 0 spiro atoms. The largest absolute Gasteiger partial charge is 0.370 e. The molecule has 3 rings (SSSR count). The third-order valence-corrected chi connectivity index (χ3v) is 6.48. The maximum Gasteiger partial charge on any atom is 0.265 e. The van der Waals surface area contributed by atoms with Crippen molar-refractivity contribution < 1.29 is 32.7 Å². The van der Waals surface area contributed by atoms with Crippen LogP contribution in [-0.4, -0.2) is 56.0 Å². The summed E-state index contributed by atoms with van der Waals surface area (Å²) in [6.07, 6.45) is -2.96. The Labute approximate surface area is 215 Å². The van der Waals surface area contributed by atoms with Gasteiger partial charge in [-0.25, -0.2) is 8.78 Å². The van der Waals surface area contributed by atoms with Gasteiger partial charge in [0.05, 0.1) is 15.8 Å². The molecule has 0 radical (unpaired) electrons. The Morgan fingerprint density at radius 3 is 2.53 bits per heavy atom. The highest BCUT2D eigenvalue weighted by atomic mass is 35.5. The van der Waals surface area contributed by atoms with Crippen LogP contribution in [0.4, 0.5) is 20.2 Å². The summed E-state index contributed by atoms with van der Waals surface area (Å²) in [4.78, 5) is 51.4. The minimum atomic E-state index is -2.96. The number of hydrogen-bond acceptors (Lipinski definition) is 6. The first-order valence-corrected chi connectivity index (χ1v) is 12.2. The van der Waals surface area contributed by atoms with E-state index in [1.54, 1.807) is 19.9 Å². The number of carbonyl (C=O) groups excluding carboxylic acids is 4. The molecule has 1 fully saturated rings. The number of thiophene rings is 1. The molecule has 1 aliphatic heterocycles. The fraction of sp³-hybridized carbons (Fsp3) is 0.391. The van der Waals surface area contributed by atoms with Crippen LogP contribution in [0.1, 0.15) is 35.5 Å². The zero-order valence-corrected chi connectivity index (χ0v) is 21.1. The second-order valence-corrected chi connectivity index (χ2v) is 9.90. The summed E-state index contributed by atoms with van der Waals surface area (Å²) in [5.74, 6) is -2.59. The van der Waals surface area contributed by atoms with Crippen LogP contribution in [0.15, 0.2) is 30.3 Å². The van der Waals surface area contributed by atoms with Crippen LogP contribution in [0.25, 0.3) is 0 Å². The van der Waals surface area contributed by atoms with E-state index in [1.165, 1.54) is 23.1 Å². The number of nitrogens with zero attached hydrogens (tertiary/aromatic N) is 1. The number of ether oxygens (including phenoxy) is 1. The van der Waals surface area contributed by atoms with Crippen LogP contribution in [0.3, 0.4) is 0 Å². The van der Waals surface area contributed by atoms with E-state index in [0.717, 1.165) is 17.4 Å². The Morgan fingerprint density at radius 2 is 1.92 bits per heavy atom. The van der Waals surface area contributed by atoms with Gasteiger partial charge in [-0.05, 0) is 30.3 Å². The minimum absolute atomic E-state index is 0.150. The predicted octanol–water partition coefficient (Wildman–Crippen LogP) is 3.21. The zero-order valence-electron chi connectivity index (χ0n) is 19.5. The number of hydrogen-bond donors (Lipinski definition) is 3. The van der Waals surface area contributed by atoms with Crippen molar-refractivity contribution in [2.45, 2.75) is 26.3 Å². The van der Waals surface area contributed by atoms with Gasteiger partial charge in [-0.2, -0.15) is 0 Å². The third kappa shape index (κ3) is 6.99. The van der Waals surface area contributed by atoms with E-state index >= 15 is 0 Å². The minimum Gasteiger partial charge on any atom is -0.370 e. The zero-order chi connectivity index (χ0) is 26.4. The topological polar surface area (TPSA) is 117 Å². The molecule has 1 aliphatic rings. The van der Waals surface area contributed by atoms with E-state index in [2.05, 4.69) is 16.0 Å². The highest BCUT2D eigenvalue weighted by Gasteiger charge is 2.27. The summed E-state index contributed by atoms with van der Waals surface area (Å²) >= 11 is 6.89. The Kier molecular flexibility index (Phi) is 9.35. The summed E-state index contributed by atoms with van der Waals surface area (Å²) in [6, 6.07) is 5.66. The molecule has 9 nitrogen and oxygen atoms in total. The van der Waals surface area contributed by atoms with Gasteiger partial charge < -0.3 is 25.6 Å². The van der Waals surface area contributed by atoms with E-state index in [1.807, 2.05) is 0 Å². The molecule has 194 valence electrons. The Balaban J connectivity index is 1.78. The van der Waals surface area contributed by atoms with Crippen molar-refractivity contribution in [2.24, 2.45) is 5.92 Å². The number of amides is 4. The molecule has 3 N–H and O–H groups in total. The number of nitrogens with one attached hydrogen (secondary N) is 3. The lowest BCUT2D eigenvalue weighted by Crippen LogP contribution is -2.51. The number of rotatable bonds is 9. The van der Waals surface area contributed by atoms with Crippen molar-refractivity contribution in [1.82, 2.24) is 10.6 Å². The summed E-state index contributed by atoms with van der Waals surface area (Å²) < 4.78 is 33.2. The van der Waals surface area contributed by atoms with Crippen molar-refractivity contribution >= 4 is 57.9 Å². The van der Waals surface area contributed by atoms with Crippen LogP contribution < -0.4 is 20.9 Å². The molecule has 4 amide bonds. The molecular formula is C23H25ClF2N4O5S. The van der Waals surface area contributed by atoms with Gasteiger partial charge in [-0.15, -0.1) is 11.3 Å². The molecule has 1 atom stereocenters. The fourth-order valence-corrected chi connectivity index (χ4v) is 4.25. The van der Waals surface area contributed by atoms with Gasteiger partial charge in [0, 0.05) is 35.9 Å². The first kappa shape index (κ1) is 27.5. The third-order valence-electron chi connectivity index (χ3n) is 5.25. The van der Waals surface area contributed by atoms with E-state index in [4.69, 9.17) is 16.3 Å². The second kappa shape index (κ2) is 12.2. The lowest BCUT2D eigenvalue weighted by Gasteiger charge is -2.28. The van der Waals surface area contributed by atoms with Gasteiger partial charge >= 0.3 is 0 Å². The molecule has 2 heterocycles. The molecule has 0 aliphatic carbocycles. The fourth-order valence-electron chi connectivity index (χ4n) is 3.29. The SMILES string of the molecule is CC(C)C(=O)N[C@H](CNC(=O)c1ccc(Cl)s1)C(=O)Nc1ccc(N2CCOCC2=O)cc1C(F)F. The average Bonchev–Trinajstić information content (AvgIpc) is 3.28. The first-order valence-electron chi connectivity index (χ1n) is 11.0. The second-order valence-electron chi connectivity index (χ2n) is 8.19. The maximum atomic E-state index is 13.9. The predicted molar refractivity (Wildman–Crippen MR) is 132 cm³/mol. The summed E-state index contributed by atoms with van der Waals surface area (Å²) in [5.41, 5.74) is -0.422. The van der Waals surface area contributed by atoms with Gasteiger partial charge in [-0.3, -0.25) is 19.2 Å². The van der Waals surface area contributed by atoms with E-state index in [0.29, 0.717) is 9.21 Å². The lowest BCUT2D eigenvalue weighted by molar-refractivity contribution is -0.128. The van der Waals surface area contributed by atoms with E-state index < -0.39 is 41.7 Å². The van der Waals surface area contributed by atoms with Gasteiger partial charge in [-0.1, -0.05) is 25.4 Å². The molecule has 2 aromatic rings. The van der Waals surface area contributed by atoms with Crippen molar-refractivity contribution in [3.63, 3.8) is 0 Å². The van der Waals surface area contributed by atoms with Gasteiger partial charge in [0.1, 0.15) is 12.6 Å². The van der Waals surface area contributed by atoms with Crippen LogP contribution >= 0.6 is 22.9 Å². The van der Waals surface area contributed by atoms with Crippen molar-refractivity contribution in [1.29, 1.82) is 0 Å². The number of benzene rings is 1. The van der Waals surface area contributed by atoms with Gasteiger partial charge in [0.25, 0.3) is 18.2 Å². The molecule has 0 saturated carbocycles. The van der Waals surface area contributed by atoms with Crippen molar-refractivity contribution in [3.8, 4) is 0 Å². The Morgan fingerprint density at radius 1 is 1.17 bits per heavy atom. The number of alkyl halides is 2. The molecular weight excluding hydrogens is 518 g/mol. The molecule has 36 heavy (non-hydrogen) atoms. The van der Waals surface area contributed by atoms with Crippen LogP contribution in [-0.2, 0) is 19.1 Å². The van der Waals surface area contributed by atoms with Crippen LogP contribution in [0, 0.1) is 5.92 Å². The van der Waals surface area contributed by atoms with Crippen LogP contribution in [0.2, 0.25) is 4.34 Å². The van der Waals surface area contributed by atoms with E-state index in [-0.39, 0.29) is 43.6 Å². The summed E-state index contributed by atoms with van der Waals surface area (Å²) in [6.45, 7) is 3.29. The summed E-state index contributed by atoms with van der Waals surface area (Å²) in [7, 11) is 0.